The largest absolute Gasteiger partial charge is 0.465 e. The molecule has 7 heteroatoms. The van der Waals surface area contributed by atoms with Crippen LogP contribution in [0.1, 0.15) is 32.3 Å². The van der Waals surface area contributed by atoms with Crippen molar-refractivity contribution in [3.63, 3.8) is 0 Å². The molecule has 0 aliphatic carbocycles. The summed E-state index contributed by atoms with van der Waals surface area (Å²) < 4.78 is 49.9. The molecule has 1 aromatic rings. The highest BCUT2D eigenvalue weighted by atomic mass is 19.3. The Hall–Kier alpha value is -2.31. The van der Waals surface area contributed by atoms with Crippen molar-refractivity contribution in [2.75, 3.05) is 13.2 Å². The van der Waals surface area contributed by atoms with Gasteiger partial charge >= 0.3 is 18.0 Å². The summed E-state index contributed by atoms with van der Waals surface area (Å²) in [4.78, 5) is 24.7. The van der Waals surface area contributed by atoms with Gasteiger partial charge in [-0.2, -0.15) is 8.78 Å². The predicted molar refractivity (Wildman–Crippen MR) is 80.9 cm³/mol. The second-order valence-corrected chi connectivity index (χ2v) is 5.10. The Morgan fingerprint density at radius 3 is 1.83 bits per heavy atom. The fourth-order valence-corrected chi connectivity index (χ4v) is 2.37. The lowest BCUT2D eigenvalue weighted by atomic mass is 9.72. The van der Waals surface area contributed by atoms with E-state index in [1.54, 1.807) is 6.07 Å². The van der Waals surface area contributed by atoms with E-state index in [9.17, 15) is 22.8 Å². The molecule has 1 unspecified atom stereocenters. The first-order chi connectivity index (χ1) is 11.3. The van der Waals surface area contributed by atoms with Crippen LogP contribution in [0.3, 0.4) is 0 Å². The van der Waals surface area contributed by atoms with E-state index in [4.69, 9.17) is 9.47 Å². The van der Waals surface area contributed by atoms with Crippen LogP contribution >= 0.6 is 0 Å². The molecule has 0 aromatic heterocycles. The summed E-state index contributed by atoms with van der Waals surface area (Å²) in [6.07, 6.45) is -2.61. The molecule has 1 aromatic carbocycles. The molecule has 0 saturated heterocycles. The lowest BCUT2D eigenvalue weighted by Crippen LogP contribution is -2.45. The average Bonchev–Trinajstić information content (AvgIpc) is 2.56. The fraction of sp³-hybridized carbons (Fsp3) is 0.412. The minimum Gasteiger partial charge on any atom is -0.465 e. The number of esters is 2. The van der Waals surface area contributed by atoms with Crippen LogP contribution in [0.5, 0.6) is 0 Å². The summed E-state index contributed by atoms with van der Waals surface area (Å²) >= 11 is 0. The van der Waals surface area contributed by atoms with Gasteiger partial charge in [0.25, 0.3) is 0 Å². The maximum Gasteiger partial charge on any atom is 0.324 e. The van der Waals surface area contributed by atoms with Crippen LogP contribution in [0.2, 0.25) is 0 Å². The van der Waals surface area contributed by atoms with E-state index in [1.807, 2.05) is 0 Å². The third-order valence-electron chi connectivity index (χ3n) is 3.54. The number of carbonyl (C=O) groups is 2. The zero-order chi connectivity index (χ0) is 18.3. The summed E-state index contributed by atoms with van der Waals surface area (Å²) in [5.41, 5.74) is -2.26. The molecule has 1 atom stereocenters. The highest BCUT2D eigenvalue weighted by Crippen LogP contribution is 2.45. The smallest absolute Gasteiger partial charge is 0.324 e. The molecule has 0 aliphatic rings. The Bertz CT molecular complexity index is 592. The highest BCUT2D eigenvalue weighted by Gasteiger charge is 2.54. The molecule has 0 bridgehead atoms. The molecule has 0 amide bonds. The standard InChI is InChI=1S/C17H19F3O4/c1-4-23-15(21)17(3,16(22)24-5-2)12(13(18)14(19)20)11-9-7-6-8-10-11/h6-10,12H,4-5H2,1-3H3. The predicted octanol–water partition coefficient (Wildman–Crippen LogP) is 3.98. The molecule has 0 spiro atoms. The Balaban J connectivity index is 3.60. The van der Waals surface area contributed by atoms with Crippen molar-refractivity contribution in [2.24, 2.45) is 5.41 Å². The monoisotopic (exact) mass is 344 g/mol. The first kappa shape index (κ1) is 19.7. The Labute approximate surface area is 138 Å². The van der Waals surface area contributed by atoms with Gasteiger partial charge in [-0.1, -0.05) is 30.3 Å². The molecule has 132 valence electrons. The Morgan fingerprint density at radius 2 is 1.46 bits per heavy atom. The second kappa shape index (κ2) is 8.52. The van der Waals surface area contributed by atoms with E-state index >= 15 is 0 Å². The SMILES string of the molecule is CCOC(=O)C(C)(C(=O)OCC)C(C(F)=C(F)F)c1ccccc1. The van der Waals surface area contributed by atoms with Crippen molar-refractivity contribution in [1.82, 2.24) is 0 Å². The van der Waals surface area contributed by atoms with Gasteiger partial charge in [-0.05, 0) is 26.3 Å². The van der Waals surface area contributed by atoms with Crippen molar-refractivity contribution in [3.05, 3.63) is 47.8 Å². The molecular weight excluding hydrogens is 325 g/mol. The van der Waals surface area contributed by atoms with Crippen LogP contribution in [-0.4, -0.2) is 25.2 Å². The lowest BCUT2D eigenvalue weighted by molar-refractivity contribution is -0.172. The summed E-state index contributed by atoms with van der Waals surface area (Å²) in [5, 5.41) is 0. The zero-order valence-electron chi connectivity index (χ0n) is 13.6. The third kappa shape index (κ3) is 3.96. The number of carbonyl (C=O) groups excluding carboxylic acids is 2. The molecule has 0 fully saturated rings. The van der Waals surface area contributed by atoms with Crippen LogP contribution in [0.15, 0.2) is 42.2 Å². The van der Waals surface area contributed by atoms with Crippen LogP contribution in [-0.2, 0) is 19.1 Å². The van der Waals surface area contributed by atoms with Crippen LogP contribution < -0.4 is 0 Å². The van der Waals surface area contributed by atoms with Gasteiger partial charge < -0.3 is 9.47 Å². The second-order valence-electron chi connectivity index (χ2n) is 5.10. The van der Waals surface area contributed by atoms with Crippen molar-refractivity contribution < 1.29 is 32.2 Å². The van der Waals surface area contributed by atoms with Gasteiger partial charge in [-0.15, -0.1) is 0 Å². The normalized spacial score (nSPS) is 12.2. The molecule has 0 saturated carbocycles. The quantitative estimate of drug-likeness (QED) is 0.555. The van der Waals surface area contributed by atoms with Gasteiger partial charge in [0.2, 0.25) is 0 Å². The van der Waals surface area contributed by atoms with E-state index in [2.05, 4.69) is 0 Å². The summed E-state index contributed by atoms with van der Waals surface area (Å²) in [7, 11) is 0. The van der Waals surface area contributed by atoms with Gasteiger partial charge in [0.1, 0.15) is 0 Å². The van der Waals surface area contributed by atoms with Crippen LogP contribution in [0, 0.1) is 5.41 Å². The topological polar surface area (TPSA) is 52.6 Å². The Kier molecular flexibility index (Phi) is 7.00. The molecule has 0 heterocycles. The zero-order valence-corrected chi connectivity index (χ0v) is 13.6. The van der Waals surface area contributed by atoms with Crippen LogP contribution in [0.4, 0.5) is 13.2 Å². The van der Waals surface area contributed by atoms with Crippen molar-refractivity contribution >= 4 is 11.9 Å². The minimum absolute atomic E-state index is 0.0337. The van der Waals surface area contributed by atoms with E-state index in [1.165, 1.54) is 38.1 Å². The molecule has 1 rings (SSSR count). The lowest BCUT2D eigenvalue weighted by Gasteiger charge is -2.32. The van der Waals surface area contributed by atoms with Crippen molar-refractivity contribution in [2.45, 2.75) is 26.7 Å². The first-order valence-electron chi connectivity index (χ1n) is 7.40. The minimum atomic E-state index is -2.61. The maximum atomic E-state index is 14.3. The molecule has 24 heavy (non-hydrogen) atoms. The molecule has 0 radical (unpaired) electrons. The van der Waals surface area contributed by atoms with Crippen molar-refractivity contribution in [1.29, 1.82) is 0 Å². The summed E-state index contributed by atoms with van der Waals surface area (Å²) in [5.74, 6) is -5.99. The number of benzene rings is 1. The number of hydrogen-bond acceptors (Lipinski definition) is 4. The highest BCUT2D eigenvalue weighted by molar-refractivity contribution is 6.01. The van der Waals surface area contributed by atoms with Gasteiger partial charge in [0.05, 0.1) is 19.1 Å². The molecule has 4 nitrogen and oxygen atoms in total. The van der Waals surface area contributed by atoms with E-state index < -0.39 is 35.2 Å². The van der Waals surface area contributed by atoms with E-state index in [0.29, 0.717) is 0 Å². The molecule has 0 aliphatic heterocycles. The summed E-state index contributed by atoms with van der Waals surface area (Å²) in [6, 6.07) is 7.28. The molecule has 0 N–H and O–H groups in total. The number of allylic oxidation sites excluding steroid dienone is 1. The van der Waals surface area contributed by atoms with E-state index in [0.717, 1.165) is 6.92 Å². The van der Waals surface area contributed by atoms with E-state index in [-0.39, 0.29) is 18.8 Å². The molecular formula is C17H19F3O4. The number of halogens is 3. The van der Waals surface area contributed by atoms with Gasteiger partial charge in [-0.3, -0.25) is 9.59 Å². The van der Waals surface area contributed by atoms with Gasteiger partial charge in [0.15, 0.2) is 11.2 Å². The number of hydrogen-bond donors (Lipinski definition) is 0. The third-order valence-corrected chi connectivity index (χ3v) is 3.54. The number of ether oxygens (including phenoxy) is 2. The first-order valence-corrected chi connectivity index (χ1v) is 7.40. The summed E-state index contributed by atoms with van der Waals surface area (Å²) in [6.45, 7) is 3.83. The van der Waals surface area contributed by atoms with Crippen molar-refractivity contribution in [3.8, 4) is 0 Å². The van der Waals surface area contributed by atoms with Crippen LogP contribution in [0.25, 0.3) is 0 Å². The Morgan fingerprint density at radius 1 is 1.00 bits per heavy atom. The average molecular weight is 344 g/mol. The fourth-order valence-electron chi connectivity index (χ4n) is 2.37. The maximum absolute atomic E-state index is 14.3. The number of rotatable bonds is 7. The van der Waals surface area contributed by atoms with Gasteiger partial charge in [0, 0.05) is 0 Å². The van der Waals surface area contributed by atoms with Gasteiger partial charge in [-0.25, -0.2) is 4.39 Å².